The summed E-state index contributed by atoms with van der Waals surface area (Å²) in [7, 11) is 0. The van der Waals surface area contributed by atoms with Gasteiger partial charge in [-0.2, -0.15) is 0 Å². The van der Waals surface area contributed by atoms with Crippen LogP contribution in [0.3, 0.4) is 0 Å². The molecule has 1 heterocycles. The first kappa shape index (κ1) is 26.9. The van der Waals surface area contributed by atoms with Crippen LogP contribution in [0.2, 0.25) is 0 Å². The standard InChI is InChI=1S/C47H29N/c1-3-12-32-24-35(21-19-30(32)10-1)46-39-17-7-8-18-40(39)47(36-22-20-31-11-2-4-13-33(31)25-36)45-28-43-41(37-15-9-23-48-29-37)26-34-14-5-6-16-38(34)42(43)27-44(45)46/h1-29H. The van der Waals surface area contributed by atoms with E-state index in [0.29, 0.717) is 0 Å². The predicted octanol–water partition coefficient (Wildman–Crippen LogP) is 13.0. The van der Waals surface area contributed by atoms with Crippen LogP contribution in [0.4, 0.5) is 0 Å². The topological polar surface area (TPSA) is 12.9 Å². The van der Waals surface area contributed by atoms with Crippen LogP contribution in [0, 0.1) is 0 Å². The SMILES string of the molecule is c1cncc(-c2cc3ccccc3c3cc4c(-c5ccc6ccccc6c5)c5ccccc5c(-c5ccc6ccccc6c5)c4cc23)c1. The highest BCUT2D eigenvalue weighted by atomic mass is 14.6. The van der Waals surface area contributed by atoms with Crippen molar-refractivity contribution >= 4 is 64.6 Å². The van der Waals surface area contributed by atoms with Gasteiger partial charge in [-0.3, -0.25) is 4.98 Å². The van der Waals surface area contributed by atoms with Crippen LogP contribution in [0.5, 0.6) is 0 Å². The Balaban J connectivity index is 1.43. The molecule has 0 saturated carbocycles. The van der Waals surface area contributed by atoms with Crippen molar-refractivity contribution in [2.45, 2.75) is 0 Å². The van der Waals surface area contributed by atoms with E-state index in [0.717, 1.165) is 5.56 Å². The van der Waals surface area contributed by atoms with Crippen LogP contribution in [0.1, 0.15) is 0 Å². The van der Waals surface area contributed by atoms with Crippen LogP contribution in [0.15, 0.2) is 176 Å². The van der Waals surface area contributed by atoms with Gasteiger partial charge in [0.25, 0.3) is 0 Å². The van der Waals surface area contributed by atoms with Crippen molar-refractivity contribution in [3.05, 3.63) is 176 Å². The summed E-state index contributed by atoms with van der Waals surface area (Å²) in [5, 5.41) is 15.0. The average molecular weight is 608 g/mol. The van der Waals surface area contributed by atoms with Crippen LogP contribution in [0.25, 0.3) is 98.0 Å². The van der Waals surface area contributed by atoms with Crippen LogP contribution < -0.4 is 0 Å². The summed E-state index contributed by atoms with van der Waals surface area (Å²) in [6.07, 6.45) is 3.83. The maximum atomic E-state index is 4.52. The van der Waals surface area contributed by atoms with Crippen LogP contribution in [-0.4, -0.2) is 4.98 Å². The van der Waals surface area contributed by atoms with Gasteiger partial charge in [0.2, 0.25) is 0 Å². The van der Waals surface area contributed by atoms with Crippen LogP contribution in [-0.2, 0) is 0 Å². The van der Waals surface area contributed by atoms with E-state index in [1.807, 2.05) is 18.5 Å². The highest BCUT2D eigenvalue weighted by Gasteiger charge is 2.20. The fourth-order valence-corrected chi connectivity index (χ4v) is 7.84. The van der Waals surface area contributed by atoms with Crippen molar-refractivity contribution in [2.24, 2.45) is 0 Å². The van der Waals surface area contributed by atoms with Crippen LogP contribution >= 0.6 is 0 Å². The lowest BCUT2D eigenvalue weighted by Crippen LogP contribution is -1.93. The van der Waals surface area contributed by atoms with E-state index in [-0.39, 0.29) is 0 Å². The first-order valence-corrected chi connectivity index (χ1v) is 16.5. The summed E-state index contributed by atoms with van der Waals surface area (Å²) in [6.45, 7) is 0. The third-order valence-electron chi connectivity index (χ3n) is 10.1. The van der Waals surface area contributed by atoms with Gasteiger partial charge in [0.15, 0.2) is 0 Å². The number of benzene rings is 9. The molecule has 0 aliphatic heterocycles. The molecule has 0 amide bonds. The number of hydrogen-bond donors (Lipinski definition) is 0. The maximum absolute atomic E-state index is 4.52. The van der Waals surface area contributed by atoms with Crippen molar-refractivity contribution in [3.63, 3.8) is 0 Å². The molecule has 0 aliphatic rings. The summed E-state index contributed by atoms with van der Waals surface area (Å²) in [4.78, 5) is 4.52. The zero-order valence-corrected chi connectivity index (χ0v) is 26.2. The van der Waals surface area contributed by atoms with Crippen molar-refractivity contribution in [2.75, 3.05) is 0 Å². The van der Waals surface area contributed by atoms with Gasteiger partial charge in [0, 0.05) is 18.0 Å². The molecule has 10 rings (SSSR count). The molecule has 222 valence electrons. The second-order valence-corrected chi connectivity index (χ2v) is 12.7. The Morgan fingerprint density at radius 3 is 1.40 bits per heavy atom. The summed E-state index contributed by atoms with van der Waals surface area (Å²) in [6, 6.07) is 60.4. The Morgan fingerprint density at radius 2 is 0.812 bits per heavy atom. The smallest absolute Gasteiger partial charge is 0.0346 e. The van der Waals surface area contributed by atoms with E-state index >= 15 is 0 Å². The number of hydrogen-bond acceptors (Lipinski definition) is 1. The van der Waals surface area contributed by atoms with Gasteiger partial charge in [0.1, 0.15) is 0 Å². The molecule has 1 nitrogen and oxygen atoms in total. The molecule has 0 atom stereocenters. The molecular weight excluding hydrogens is 579 g/mol. The summed E-state index contributed by atoms with van der Waals surface area (Å²) < 4.78 is 0. The summed E-state index contributed by atoms with van der Waals surface area (Å²) >= 11 is 0. The molecular formula is C47H29N. The van der Waals surface area contributed by atoms with Gasteiger partial charge >= 0.3 is 0 Å². The molecule has 0 radical (unpaired) electrons. The molecule has 0 saturated heterocycles. The van der Waals surface area contributed by atoms with Gasteiger partial charge in [-0.15, -0.1) is 0 Å². The predicted molar refractivity (Wildman–Crippen MR) is 206 cm³/mol. The molecule has 0 N–H and O–H groups in total. The third-order valence-corrected chi connectivity index (χ3v) is 10.1. The normalized spacial score (nSPS) is 11.8. The Kier molecular flexibility index (Phi) is 5.94. The second-order valence-electron chi connectivity index (χ2n) is 12.7. The largest absolute Gasteiger partial charge is 0.264 e. The number of pyridine rings is 1. The molecule has 10 aromatic rings. The van der Waals surface area contributed by atoms with Crippen molar-refractivity contribution in [1.29, 1.82) is 0 Å². The fraction of sp³-hybridized carbons (Fsp3) is 0. The average Bonchev–Trinajstić information content (AvgIpc) is 3.16. The van der Waals surface area contributed by atoms with E-state index in [4.69, 9.17) is 0 Å². The summed E-state index contributed by atoms with van der Waals surface area (Å²) in [5.41, 5.74) is 7.31. The molecule has 0 bridgehead atoms. The zero-order valence-electron chi connectivity index (χ0n) is 26.2. The van der Waals surface area contributed by atoms with Crippen molar-refractivity contribution < 1.29 is 0 Å². The number of fused-ring (bicyclic) bond motifs is 7. The number of rotatable bonds is 3. The first-order chi connectivity index (χ1) is 23.8. The Bertz CT molecular complexity index is 2880. The lowest BCUT2D eigenvalue weighted by atomic mass is 9.83. The Labute approximate surface area is 278 Å². The highest BCUT2D eigenvalue weighted by Crippen LogP contribution is 2.47. The van der Waals surface area contributed by atoms with E-state index in [2.05, 4.69) is 163 Å². The first-order valence-electron chi connectivity index (χ1n) is 16.5. The molecule has 48 heavy (non-hydrogen) atoms. The molecule has 0 spiro atoms. The molecule has 1 aromatic heterocycles. The fourth-order valence-electron chi connectivity index (χ4n) is 7.84. The minimum absolute atomic E-state index is 1.12. The van der Waals surface area contributed by atoms with E-state index in [1.165, 1.54) is 92.5 Å². The number of aromatic nitrogens is 1. The minimum Gasteiger partial charge on any atom is -0.264 e. The maximum Gasteiger partial charge on any atom is 0.0346 e. The molecule has 1 heteroatoms. The molecule has 9 aromatic carbocycles. The van der Waals surface area contributed by atoms with Gasteiger partial charge in [0.05, 0.1) is 0 Å². The van der Waals surface area contributed by atoms with E-state index in [9.17, 15) is 0 Å². The van der Waals surface area contributed by atoms with Crippen molar-refractivity contribution in [1.82, 2.24) is 4.98 Å². The van der Waals surface area contributed by atoms with E-state index in [1.54, 1.807) is 0 Å². The summed E-state index contributed by atoms with van der Waals surface area (Å²) in [5.74, 6) is 0. The van der Waals surface area contributed by atoms with Gasteiger partial charge in [-0.1, -0.05) is 127 Å². The third kappa shape index (κ3) is 4.15. The van der Waals surface area contributed by atoms with Gasteiger partial charge in [-0.05, 0) is 129 Å². The number of nitrogens with zero attached hydrogens (tertiary/aromatic N) is 1. The van der Waals surface area contributed by atoms with Crippen molar-refractivity contribution in [3.8, 4) is 33.4 Å². The highest BCUT2D eigenvalue weighted by molar-refractivity contribution is 6.27. The minimum atomic E-state index is 1.12. The lowest BCUT2D eigenvalue weighted by molar-refractivity contribution is 1.33. The second kappa shape index (κ2) is 10.6. The molecule has 0 fully saturated rings. The Hall–Kier alpha value is -6.31. The van der Waals surface area contributed by atoms with Gasteiger partial charge < -0.3 is 0 Å². The van der Waals surface area contributed by atoms with Gasteiger partial charge in [-0.25, -0.2) is 0 Å². The Morgan fingerprint density at radius 1 is 0.292 bits per heavy atom. The monoisotopic (exact) mass is 607 g/mol. The quantitative estimate of drug-likeness (QED) is 0.144. The molecule has 0 aliphatic carbocycles. The lowest BCUT2D eigenvalue weighted by Gasteiger charge is -2.20. The zero-order chi connectivity index (χ0) is 31.6. The molecule has 0 unspecified atom stereocenters. The van der Waals surface area contributed by atoms with E-state index < -0.39 is 0 Å².